The molecule has 1 amide bonds. The second-order valence-electron chi connectivity index (χ2n) is 6.07. The number of hydrogen-bond donors (Lipinski definition) is 3. The average Bonchev–Trinajstić information content (AvgIpc) is 3.20. The predicted octanol–water partition coefficient (Wildman–Crippen LogP) is 1.94. The van der Waals surface area contributed by atoms with Crippen LogP contribution in [-0.4, -0.2) is 27.6 Å². The summed E-state index contributed by atoms with van der Waals surface area (Å²) in [6.45, 7) is -0.241. The molecule has 0 unspecified atom stereocenters. The highest BCUT2D eigenvalue weighted by Gasteiger charge is 2.23. The molecule has 0 saturated heterocycles. The fourth-order valence-corrected chi connectivity index (χ4v) is 4.52. The highest BCUT2D eigenvalue weighted by Crippen LogP contribution is 2.34. The lowest BCUT2D eigenvalue weighted by molar-refractivity contribution is 0.0905. The molecule has 7 heteroatoms. The first-order valence-electron chi connectivity index (χ1n) is 8.18. The number of H-pyrrole nitrogens is 1. The van der Waals surface area contributed by atoms with Crippen molar-refractivity contribution in [2.75, 3.05) is 6.61 Å². The van der Waals surface area contributed by atoms with E-state index in [1.165, 1.54) is 16.2 Å². The third-order valence-corrected chi connectivity index (χ3v) is 5.67. The number of carbonyl (C=O) groups is 1. The number of thiophene rings is 1. The molecule has 25 heavy (non-hydrogen) atoms. The molecule has 0 aliphatic heterocycles. The van der Waals surface area contributed by atoms with Crippen molar-refractivity contribution in [3.05, 3.63) is 62.5 Å². The minimum Gasteiger partial charge on any atom is -0.394 e. The van der Waals surface area contributed by atoms with Crippen LogP contribution in [0.15, 0.2) is 35.1 Å². The van der Waals surface area contributed by atoms with E-state index in [2.05, 4.69) is 15.3 Å². The Hall–Kier alpha value is -2.51. The lowest BCUT2D eigenvalue weighted by Crippen LogP contribution is -2.33. The molecular weight excluding hydrogens is 338 g/mol. The second kappa shape index (κ2) is 6.42. The fraction of sp³-hybridized carbons (Fsp3) is 0.278. The largest absolute Gasteiger partial charge is 0.394 e. The zero-order valence-corrected chi connectivity index (χ0v) is 14.2. The van der Waals surface area contributed by atoms with Gasteiger partial charge >= 0.3 is 0 Å². The maximum Gasteiger partial charge on any atom is 0.287 e. The van der Waals surface area contributed by atoms with E-state index in [0.29, 0.717) is 10.2 Å². The Labute approximate surface area is 147 Å². The van der Waals surface area contributed by atoms with Gasteiger partial charge in [-0.3, -0.25) is 9.59 Å². The highest BCUT2D eigenvalue weighted by atomic mass is 32.1. The minimum absolute atomic E-state index is 0.0215. The van der Waals surface area contributed by atoms with Crippen molar-refractivity contribution >= 4 is 27.5 Å². The van der Waals surface area contributed by atoms with Gasteiger partial charge in [0.2, 0.25) is 5.82 Å². The van der Waals surface area contributed by atoms with E-state index < -0.39 is 11.9 Å². The smallest absolute Gasteiger partial charge is 0.287 e. The normalized spacial score (nSPS) is 14.4. The number of carbonyl (C=O) groups excluding carboxylic acids is 1. The van der Waals surface area contributed by atoms with Crippen molar-refractivity contribution < 1.29 is 9.90 Å². The topological polar surface area (TPSA) is 95.1 Å². The lowest BCUT2D eigenvalue weighted by atomic mass is 10.1. The Kier molecular flexibility index (Phi) is 4.10. The Morgan fingerprint density at radius 3 is 2.88 bits per heavy atom. The summed E-state index contributed by atoms with van der Waals surface area (Å²) in [6, 6.07) is 8.63. The molecule has 0 bridgehead atoms. The van der Waals surface area contributed by atoms with Crippen molar-refractivity contribution in [1.82, 2.24) is 15.3 Å². The Bertz CT molecular complexity index is 994. The van der Waals surface area contributed by atoms with Crippen molar-refractivity contribution in [2.24, 2.45) is 0 Å². The van der Waals surface area contributed by atoms with Crippen LogP contribution in [0, 0.1) is 0 Å². The number of aromatic amines is 1. The molecule has 6 nitrogen and oxygen atoms in total. The van der Waals surface area contributed by atoms with Crippen LogP contribution in [0.3, 0.4) is 0 Å². The molecule has 3 N–H and O–H groups in total. The second-order valence-corrected chi connectivity index (χ2v) is 7.15. The van der Waals surface area contributed by atoms with Gasteiger partial charge in [-0.2, -0.15) is 0 Å². The molecule has 128 valence electrons. The third kappa shape index (κ3) is 2.85. The van der Waals surface area contributed by atoms with Gasteiger partial charge in [0.25, 0.3) is 11.5 Å². The van der Waals surface area contributed by atoms with Crippen molar-refractivity contribution in [2.45, 2.75) is 25.3 Å². The summed E-state index contributed by atoms with van der Waals surface area (Å²) >= 11 is 1.49. The van der Waals surface area contributed by atoms with Gasteiger partial charge in [0.15, 0.2) is 0 Å². The average molecular weight is 355 g/mol. The Morgan fingerprint density at radius 2 is 2.12 bits per heavy atom. The summed E-state index contributed by atoms with van der Waals surface area (Å²) in [5, 5.41) is 12.9. The number of nitrogens with zero attached hydrogens (tertiary/aromatic N) is 1. The number of fused-ring (bicyclic) bond motifs is 3. The molecular formula is C18H17N3O3S. The molecule has 2 aromatic heterocycles. The predicted molar refractivity (Wildman–Crippen MR) is 96.0 cm³/mol. The summed E-state index contributed by atoms with van der Waals surface area (Å²) in [5.74, 6) is -0.526. The zero-order valence-electron chi connectivity index (χ0n) is 13.4. The zero-order chi connectivity index (χ0) is 17.4. The first kappa shape index (κ1) is 16.0. The molecule has 0 saturated carbocycles. The van der Waals surface area contributed by atoms with Gasteiger partial charge in [0.05, 0.1) is 18.0 Å². The maximum absolute atomic E-state index is 12.5. The first-order valence-corrected chi connectivity index (χ1v) is 9.00. The number of aryl methyl sites for hydroxylation is 2. The number of rotatable bonds is 4. The Balaban J connectivity index is 1.65. The SMILES string of the molecule is O=C(N[C@@H](CO)c1ccccc1)c1nc2sc3c(c2c(=O)[nH]1)CCC3. The Morgan fingerprint density at radius 1 is 1.32 bits per heavy atom. The van der Waals surface area contributed by atoms with Gasteiger partial charge < -0.3 is 15.4 Å². The molecule has 1 aliphatic rings. The number of benzene rings is 1. The number of nitrogens with one attached hydrogen (secondary N) is 2. The highest BCUT2D eigenvalue weighted by molar-refractivity contribution is 7.18. The van der Waals surface area contributed by atoms with Gasteiger partial charge in [-0.05, 0) is 30.4 Å². The number of aromatic nitrogens is 2. The van der Waals surface area contributed by atoms with Crippen molar-refractivity contribution in [1.29, 1.82) is 0 Å². The van der Waals surface area contributed by atoms with Crippen LogP contribution in [0.1, 0.15) is 39.1 Å². The van der Waals surface area contributed by atoms with Crippen LogP contribution in [0.4, 0.5) is 0 Å². The van der Waals surface area contributed by atoms with Gasteiger partial charge in [0.1, 0.15) is 4.83 Å². The summed E-state index contributed by atoms with van der Waals surface area (Å²) < 4.78 is 0. The van der Waals surface area contributed by atoms with Gasteiger partial charge in [-0.25, -0.2) is 4.98 Å². The number of amides is 1. The summed E-state index contributed by atoms with van der Waals surface area (Å²) in [5.41, 5.74) is 1.60. The summed E-state index contributed by atoms with van der Waals surface area (Å²) in [7, 11) is 0. The lowest BCUT2D eigenvalue weighted by Gasteiger charge is -2.16. The van der Waals surface area contributed by atoms with E-state index in [1.807, 2.05) is 30.3 Å². The van der Waals surface area contributed by atoms with Crippen molar-refractivity contribution in [3.63, 3.8) is 0 Å². The van der Waals surface area contributed by atoms with Crippen LogP contribution in [0.25, 0.3) is 10.2 Å². The number of aliphatic hydroxyl groups is 1. The van der Waals surface area contributed by atoms with Crippen LogP contribution < -0.4 is 10.9 Å². The molecule has 0 fully saturated rings. The van der Waals surface area contributed by atoms with Gasteiger partial charge in [-0.15, -0.1) is 11.3 Å². The summed E-state index contributed by atoms with van der Waals surface area (Å²) in [4.78, 5) is 33.7. The van der Waals surface area contributed by atoms with Crippen LogP contribution in [-0.2, 0) is 12.8 Å². The minimum atomic E-state index is -0.553. The van der Waals surface area contributed by atoms with E-state index in [-0.39, 0.29) is 18.0 Å². The quantitative estimate of drug-likeness (QED) is 0.666. The van der Waals surface area contributed by atoms with E-state index >= 15 is 0 Å². The molecule has 1 aliphatic carbocycles. The molecule has 1 aromatic carbocycles. The fourth-order valence-electron chi connectivity index (χ4n) is 3.26. The van der Waals surface area contributed by atoms with E-state index in [1.54, 1.807) is 0 Å². The van der Waals surface area contributed by atoms with E-state index in [4.69, 9.17) is 0 Å². The third-order valence-electron chi connectivity index (χ3n) is 4.48. The molecule has 0 spiro atoms. The van der Waals surface area contributed by atoms with Crippen LogP contribution in [0.5, 0.6) is 0 Å². The number of hydrogen-bond acceptors (Lipinski definition) is 5. The van der Waals surface area contributed by atoms with E-state index in [9.17, 15) is 14.7 Å². The molecule has 2 heterocycles. The monoisotopic (exact) mass is 355 g/mol. The number of aliphatic hydroxyl groups excluding tert-OH is 1. The van der Waals surface area contributed by atoms with Crippen molar-refractivity contribution in [3.8, 4) is 0 Å². The van der Waals surface area contributed by atoms with Gasteiger partial charge in [-0.1, -0.05) is 30.3 Å². The van der Waals surface area contributed by atoms with Crippen LogP contribution in [0.2, 0.25) is 0 Å². The first-order chi connectivity index (χ1) is 12.2. The maximum atomic E-state index is 12.5. The van der Waals surface area contributed by atoms with E-state index in [0.717, 1.165) is 30.4 Å². The molecule has 4 rings (SSSR count). The standard InChI is InChI=1S/C18H17N3O3S/c22-9-12(10-5-2-1-3-6-10)19-17(24)15-20-16(23)14-11-7-4-8-13(11)25-18(14)21-15/h1-3,5-6,12,22H,4,7-9H2,(H,19,24)(H,20,21,23)/t12-/m0/s1. The molecule has 1 atom stereocenters. The summed E-state index contributed by atoms with van der Waals surface area (Å²) in [6.07, 6.45) is 2.93. The van der Waals surface area contributed by atoms with Gasteiger partial charge in [0, 0.05) is 4.88 Å². The van der Waals surface area contributed by atoms with Crippen LogP contribution >= 0.6 is 11.3 Å². The molecule has 0 radical (unpaired) electrons. The molecule has 3 aromatic rings.